The van der Waals surface area contributed by atoms with Crippen molar-refractivity contribution < 1.29 is 9.90 Å². The van der Waals surface area contributed by atoms with Crippen LogP contribution in [0.25, 0.3) is 10.1 Å². The van der Waals surface area contributed by atoms with Gasteiger partial charge in [-0.05, 0) is 13.0 Å². The van der Waals surface area contributed by atoms with Crippen LogP contribution in [0.4, 0.5) is 0 Å². The minimum atomic E-state index is -0.859. The Morgan fingerprint density at radius 2 is 2.24 bits per heavy atom. The molecule has 0 unspecified atom stereocenters. The van der Waals surface area contributed by atoms with E-state index >= 15 is 0 Å². The van der Waals surface area contributed by atoms with Gasteiger partial charge in [-0.1, -0.05) is 29.8 Å². The van der Waals surface area contributed by atoms with Crippen LogP contribution in [0.2, 0.25) is 5.02 Å². The van der Waals surface area contributed by atoms with Crippen LogP contribution in [0.5, 0.6) is 0 Å². The Labute approximate surface area is 108 Å². The summed E-state index contributed by atoms with van der Waals surface area (Å²) in [6.07, 6.45) is 0. The summed E-state index contributed by atoms with van der Waals surface area (Å²) in [5.74, 6) is -0.859. The predicted molar refractivity (Wildman–Crippen MR) is 70.8 cm³/mol. The molecule has 0 amide bonds. The first-order chi connectivity index (χ1) is 8.09. The Hall–Kier alpha value is -1.10. The first kappa shape index (κ1) is 12.4. The van der Waals surface area contributed by atoms with Gasteiger partial charge in [-0.3, -0.25) is 10.1 Å². The van der Waals surface area contributed by atoms with Gasteiger partial charge in [-0.2, -0.15) is 0 Å². The second-order valence-corrected chi connectivity index (χ2v) is 5.29. The van der Waals surface area contributed by atoms with Gasteiger partial charge < -0.3 is 5.11 Å². The molecule has 0 fully saturated rings. The van der Waals surface area contributed by atoms with Crippen molar-refractivity contribution in [1.82, 2.24) is 5.32 Å². The largest absolute Gasteiger partial charge is 0.480 e. The third kappa shape index (κ3) is 2.60. The average Bonchev–Trinajstić information content (AvgIpc) is 2.64. The number of hydrogen-bond donors (Lipinski definition) is 2. The molecule has 0 aliphatic rings. The molecule has 2 N–H and O–H groups in total. The lowest BCUT2D eigenvalue weighted by atomic mass is 10.2. The summed E-state index contributed by atoms with van der Waals surface area (Å²) >= 11 is 7.83. The van der Waals surface area contributed by atoms with Gasteiger partial charge in [0.1, 0.15) is 6.04 Å². The standard InChI is InChI=1S/C12H12ClNO2S/c1-7(12(15)16)14-6-10-11(13)8-4-2-3-5-9(8)17-10/h2-5,7,14H,6H2,1H3,(H,15,16)/t7-/m1/s1. The van der Waals surface area contributed by atoms with Crippen molar-refractivity contribution in [2.75, 3.05) is 0 Å². The third-order valence-electron chi connectivity index (χ3n) is 2.54. The number of fused-ring (bicyclic) bond motifs is 1. The first-order valence-electron chi connectivity index (χ1n) is 5.21. The monoisotopic (exact) mass is 269 g/mol. The molecule has 2 aromatic rings. The van der Waals surface area contributed by atoms with Crippen molar-refractivity contribution in [2.45, 2.75) is 19.5 Å². The molecular formula is C12H12ClNO2S. The highest BCUT2D eigenvalue weighted by molar-refractivity contribution is 7.19. The first-order valence-corrected chi connectivity index (χ1v) is 6.41. The predicted octanol–water partition coefficient (Wildman–Crippen LogP) is 3.12. The molecule has 0 radical (unpaired) electrons. The second-order valence-electron chi connectivity index (χ2n) is 3.78. The summed E-state index contributed by atoms with van der Waals surface area (Å²) in [5.41, 5.74) is 0. The molecule has 0 saturated carbocycles. The highest BCUT2D eigenvalue weighted by Gasteiger charge is 2.13. The topological polar surface area (TPSA) is 49.3 Å². The highest BCUT2D eigenvalue weighted by atomic mass is 35.5. The normalized spacial score (nSPS) is 12.8. The Morgan fingerprint density at radius 1 is 1.53 bits per heavy atom. The Kier molecular flexibility index (Phi) is 3.66. The summed E-state index contributed by atoms with van der Waals surface area (Å²) < 4.78 is 1.12. The van der Waals surface area contributed by atoms with E-state index in [1.54, 1.807) is 18.3 Å². The van der Waals surface area contributed by atoms with Crippen molar-refractivity contribution in [3.63, 3.8) is 0 Å². The van der Waals surface area contributed by atoms with E-state index in [-0.39, 0.29) is 0 Å². The number of nitrogens with one attached hydrogen (secondary N) is 1. The molecule has 0 spiro atoms. The van der Waals surface area contributed by atoms with Gasteiger partial charge in [-0.25, -0.2) is 0 Å². The number of carbonyl (C=O) groups is 1. The molecular weight excluding hydrogens is 258 g/mol. The van der Waals surface area contributed by atoms with Crippen LogP contribution >= 0.6 is 22.9 Å². The van der Waals surface area contributed by atoms with E-state index in [9.17, 15) is 4.79 Å². The van der Waals surface area contributed by atoms with Crippen molar-refractivity contribution in [1.29, 1.82) is 0 Å². The molecule has 3 nitrogen and oxygen atoms in total. The fourth-order valence-electron chi connectivity index (χ4n) is 1.51. The molecule has 2 rings (SSSR count). The smallest absolute Gasteiger partial charge is 0.320 e. The molecule has 0 aliphatic carbocycles. The lowest BCUT2D eigenvalue weighted by Crippen LogP contribution is -2.32. The maximum absolute atomic E-state index is 10.7. The van der Waals surface area contributed by atoms with E-state index < -0.39 is 12.0 Å². The Morgan fingerprint density at radius 3 is 2.88 bits per heavy atom. The SMILES string of the molecule is C[C@@H](NCc1sc2ccccc2c1Cl)C(=O)O. The molecule has 90 valence electrons. The lowest BCUT2D eigenvalue weighted by molar-refractivity contribution is -0.139. The fourth-order valence-corrected chi connectivity index (χ4v) is 2.96. The quantitative estimate of drug-likeness (QED) is 0.897. The number of carboxylic acids is 1. The van der Waals surface area contributed by atoms with Crippen LogP contribution in [0.3, 0.4) is 0 Å². The average molecular weight is 270 g/mol. The van der Waals surface area contributed by atoms with E-state index in [1.807, 2.05) is 24.3 Å². The summed E-state index contributed by atoms with van der Waals surface area (Å²) in [6.45, 7) is 2.09. The van der Waals surface area contributed by atoms with Crippen LogP contribution in [0.1, 0.15) is 11.8 Å². The van der Waals surface area contributed by atoms with E-state index in [4.69, 9.17) is 16.7 Å². The van der Waals surface area contributed by atoms with Gasteiger partial charge in [0.15, 0.2) is 0 Å². The number of carboxylic acid groups (broad SMARTS) is 1. The summed E-state index contributed by atoms with van der Waals surface area (Å²) in [5, 5.41) is 13.4. The molecule has 0 aliphatic heterocycles. The number of benzene rings is 1. The third-order valence-corrected chi connectivity index (χ3v) is 4.26. The minimum absolute atomic E-state index is 0.478. The van der Waals surface area contributed by atoms with E-state index in [1.165, 1.54) is 0 Å². The van der Waals surface area contributed by atoms with Crippen molar-refractivity contribution in [2.24, 2.45) is 0 Å². The van der Waals surface area contributed by atoms with Crippen molar-refractivity contribution >= 4 is 39.0 Å². The molecule has 1 atom stereocenters. The lowest BCUT2D eigenvalue weighted by Gasteiger charge is -2.07. The number of hydrogen-bond acceptors (Lipinski definition) is 3. The molecule has 1 aromatic carbocycles. The van der Waals surface area contributed by atoms with Crippen LogP contribution in [0, 0.1) is 0 Å². The number of aliphatic carboxylic acids is 1. The maximum atomic E-state index is 10.7. The molecule has 5 heteroatoms. The van der Waals surface area contributed by atoms with Crippen molar-refractivity contribution in [3.8, 4) is 0 Å². The van der Waals surface area contributed by atoms with Gasteiger partial charge in [0.2, 0.25) is 0 Å². The number of rotatable bonds is 4. The van der Waals surface area contributed by atoms with Gasteiger partial charge in [0.05, 0.1) is 5.02 Å². The van der Waals surface area contributed by atoms with Crippen LogP contribution in [0.15, 0.2) is 24.3 Å². The van der Waals surface area contributed by atoms with Crippen LogP contribution in [-0.2, 0) is 11.3 Å². The van der Waals surface area contributed by atoms with Gasteiger partial charge in [0.25, 0.3) is 0 Å². The molecule has 17 heavy (non-hydrogen) atoms. The van der Waals surface area contributed by atoms with Gasteiger partial charge in [-0.15, -0.1) is 11.3 Å². The zero-order chi connectivity index (χ0) is 12.4. The molecule has 0 saturated heterocycles. The molecule has 0 bridgehead atoms. The second kappa shape index (κ2) is 5.04. The van der Waals surface area contributed by atoms with E-state index in [0.717, 1.165) is 20.0 Å². The highest BCUT2D eigenvalue weighted by Crippen LogP contribution is 2.34. The van der Waals surface area contributed by atoms with E-state index in [0.29, 0.717) is 6.54 Å². The zero-order valence-electron chi connectivity index (χ0n) is 9.24. The van der Waals surface area contributed by atoms with Gasteiger partial charge in [0, 0.05) is 21.5 Å². The maximum Gasteiger partial charge on any atom is 0.320 e. The van der Waals surface area contributed by atoms with Crippen LogP contribution in [-0.4, -0.2) is 17.1 Å². The number of thiophene rings is 1. The summed E-state index contributed by atoms with van der Waals surface area (Å²) in [6, 6.07) is 7.31. The summed E-state index contributed by atoms with van der Waals surface area (Å²) in [4.78, 5) is 11.7. The fraction of sp³-hybridized carbons (Fsp3) is 0.250. The van der Waals surface area contributed by atoms with Crippen LogP contribution < -0.4 is 5.32 Å². The van der Waals surface area contributed by atoms with E-state index in [2.05, 4.69) is 5.32 Å². The Bertz CT molecular complexity index is 552. The van der Waals surface area contributed by atoms with Crippen molar-refractivity contribution in [3.05, 3.63) is 34.2 Å². The molecule has 1 heterocycles. The number of halogens is 1. The zero-order valence-corrected chi connectivity index (χ0v) is 10.8. The Balaban J connectivity index is 2.19. The summed E-state index contributed by atoms with van der Waals surface area (Å²) in [7, 11) is 0. The molecule has 1 aromatic heterocycles. The van der Waals surface area contributed by atoms with Gasteiger partial charge >= 0.3 is 5.97 Å². The minimum Gasteiger partial charge on any atom is -0.480 e.